The number of benzene rings is 1. The van der Waals surface area contributed by atoms with Crippen LogP contribution >= 0.6 is 0 Å². The van der Waals surface area contributed by atoms with Crippen molar-refractivity contribution in [1.82, 2.24) is 24.0 Å². The first-order chi connectivity index (χ1) is 12.3. The molecule has 1 aliphatic rings. The van der Waals surface area contributed by atoms with Crippen molar-refractivity contribution in [2.24, 2.45) is 0 Å². The number of aromatic nitrogens is 4. The van der Waals surface area contributed by atoms with E-state index in [9.17, 15) is 4.79 Å². The van der Waals surface area contributed by atoms with Gasteiger partial charge in [0.2, 0.25) is 0 Å². The lowest BCUT2D eigenvalue weighted by Gasteiger charge is -2.33. The van der Waals surface area contributed by atoms with Gasteiger partial charge in [-0.2, -0.15) is 0 Å². The van der Waals surface area contributed by atoms with Crippen LogP contribution in [0.4, 0.5) is 0 Å². The monoisotopic (exact) mass is 335 g/mol. The molecule has 1 saturated heterocycles. The van der Waals surface area contributed by atoms with Crippen molar-refractivity contribution in [2.45, 2.75) is 25.4 Å². The summed E-state index contributed by atoms with van der Waals surface area (Å²) >= 11 is 0. The summed E-state index contributed by atoms with van der Waals surface area (Å²) in [6.07, 6.45) is 13.2. The van der Waals surface area contributed by atoms with Gasteiger partial charge in [-0.05, 0) is 30.5 Å². The first-order valence-electron chi connectivity index (χ1n) is 8.61. The average Bonchev–Trinajstić information content (AvgIpc) is 3.35. The van der Waals surface area contributed by atoms with E-state index in [2.05, 4.69) is 14.5 Å². The van der Waals surface area contributed by atoms with E-state index in [1.807, 2.05) is 52.5 Å². The Morgan fingerprint density at radius 1 is 1.16 bits per heavy atom. The molecule has 128 valence electrons. The van der Waals surface area contributed by atoms with E-state index in [-0.39, 0.29) is 5.91 Å². The van der Waals surface area contributed by atoms with Gasteiger partial charge in [-0.1, -0.05) is 12.1 Å². The Labute approximate surface area is 146 Å². The molecule has 0 N–H and O–H groups in total. The Balaban J connectivity index is 1.48. The zero-order valence-electron chi connectivity index (χ0n) is 14.0. The SMILES string of the molecule is O=C(c1cccc(Cn2ccnc2)c1)N1CCC[C@@H](n2ccnc2)C1. The number of carbonyl (C=O) groups excluding carboxylic acids is 1. The van der Waals surface area contributed by atoms with Gasteiger partial charge in [-0.25, -0.2) is 9.97 Å². The van der Waals surface area contributed by atoms with E-state index in [0.717, 1.165) is 43.6 Å². The van der Waals surface area contributed by atoms with Crippen molar-refractivity contribution in [2.75, 3.05) is 13.1 Å². The van der Waals surface area contributed by atoms with Crippen LogP contribution in [0.3, 0.4) is 0 Å². The molecule has 1 amide bonds. The van der Waals surface area contributed by atoms with Gasteiger partial charge in [0.05, 0.1) is 18.7 Å². The van der Waals surface area contributed by atoms with Gasteiger partial charge in [-0.3, -0.25) is 4.79 Å². The van der Waals surface area contributed by atoms with Crippen molar-refractivity contribution in [3.05, 3.63) is 72.8 Å². The fourth-order valence-corrected chi connectivity index (χ4v) is 3.44. The van der Waals surface area contributed by atoms with Crippen LogP contribution in [0.5, 0.6) is 0 Å². The maximum Gasteiger partial charge on any atom is 0.253 e. The second-order valence-electron chi connectivity index (χ2n) is 6.49. The van der Waals surface area contributed by atoms with E-state index in [1.54, 1.807) is 18.7 Å². The van der Waals surface area contributed by atoms with Gasteiger partial charge in [0.1, 0.15) is 0 Å². The molecule has 4 rings (SSSR count). The predicted octanol–water partition coefficient (Wildman–Crippen LogP) is 2.61. The molecule has 1 aliphatic heterocycles. The minimum absolute atomic E-state index is 0.109. The third-order valence-electron chi connectivity index (χ3n) is 4.73. The van der Waals surface area contributed by atoms with E-state index in [0.29, 0.717) is 6.04 Å². The lowest BCUT2D eigenvalue weighted by molar-refractivity contribution is 0.0679. The van der Waals surface area contributed by atoms with E-state index >= 15 is 0 Å². The molecule has 3 heterocycles. The molecule has 0 radical (unpaired) electrons. The van der Waals surface area contributed by atoms with Gasteiger partial charge in [0, 0.05) is 50.0 Å². The van der Waals surface area contributed by atoms with Crippen molar-refractivity contribution >= 4 is 5.91 Å². The van der Waals surface area contributed by atoms with Crippen molar-refractivity contribution in [3.8, 4) is 0 Å². The number of rotatable bonds is 4. The van der Waals surface area contributed by atoms with E-state index in [4.69, 9.17) is 0 Å². The zero-order chi connectivity index (χ0) is 17.1. The molecule has 2 aromatic heterocycles. The molecule has 0 bridgehead atoms. The first kappa shape index (κ1) is 15.6. The molecule has 3 aromatic rings. The standard InChI is InChI=1S/C19H21N5O/c25-19(23-8-2-5-18(13-23)24-10-7-21-15-24)17-4-1-3-16(11-17)12-22-9-6-20-14-22/h1,3-4,6-7,9-11,14-15,18H,2,5,8,12-13H2/t18-/m1/s1. The maximum absolute atomic E-state index is 13.0. The highest BCUT2D eigenvalue weighted by Crippen LogP contribution is 2.23. The van der Waals surface area contributed by atoms with E-state index in [1.165, 1.54) is 0 Å². The Morgan fingerprint density at radius 2 is 2.04 bits per heavy atom. The minimum atomic E-state index is 0.109. The molecule has 1 aromatic carbocycles. The summed E-state index contributed by atoms with van der Waals surface area (Å²) in [4.78, 5) is 23.1. The number of piperidine rings is 1. The number of amides is 1. The third kappa shape index (κ3) is 3.47. The molecule has 25 heavy (non-hydrogen) atoms. The quantitative estimate of drug-likeness (QED) is 0.736. The molecule has 0 aliphatic carbocycles. The summed E-state index contributed by atoms with van der Waals surface area (Å²) in [5.74, 6) is 0.109. The number of imidazole rings is 2. The second-order valence-corrected chi connectivity index (χ2v) is 6.49. The summed E-state index contributed by atoms with van der Waals surface area (Å²) in [6, 6.07) is 8.20. The summed E-state index contributed by atoms with van der Waals surface area (Å²) < 4.78 is 4.11. The lowest BCUT2D eigenvalue weighted by Crippen LogP contribution is -2.40. The largest absolute Gasteiger partial charge is 0.337 e. The predicted molar refractivity (Wildman–Crippen MR) is 94.2 cm³/mol. The molecule has 6 heteroatoms. The Morgan fingerprint density at radius 3 is 2.84 bits per heavy atom. The highest BCUT2D eigenvalue weighted by Gasteiger charge is 2.25. The van der Waals surface area contributed by atoms with Crippen LogP contribution in [-0.2, 0) is 6.54 Å². The molecule has 0 saturated carbocycles. The van der Waals surface area contributed by atoms with Crippen molar-refractivity contribution in [3.63, 3.8) is 0 Å². The van der Waals surface area contributed by atoms with Gasteiger partial charge >= 0.3 is 0 Å². The van der Waals surface area contributed by atoms with Crippen LogP contribution in [0.25, 0.3) is 0 Å². The van der Waals surface area contributed by atoms with Crippen LogP contribution < -0.4 is 0 Å². The summed E-state index contributed by atoms with van der Waals surface area (Å²) in [5, 5.41) is 0. The number of likely N-dealkylation sites (tertiary alicyclic amines) is 1. The molecule has 1 atom stereocenters. The van der Waals surface area contributed by atoms with Gasteiger partial charge < -0.3 is 14.0 Å². The molecule has 0 spiro atoms. The Kier molecular flexibility index (Phi) is 4.33. The fourth-order valence-electron chi connectivity index (χ4n) is 3.44. The first-order valence-corrected chi connectivity index (χ1v) is 8.61. The molecule has 0 unspecified atom stereocenters. The van der Waals surface area contributed by atoms with Gasteiger partial charge in [0.15, 0.2) is 0 Å². The number of hydrogen-bond acceptors (Lipinski definition) is 3. The number of nitrogens with zero attached hydrogens (tertiary/aromatic N) is 5. The maximum atomic E-state index is 13.0. The highest BCUT2D eigenvalue weighted by atomic mass is 16.2. The highest BCUT2D eigenvalue weighted by molar-refractivity contribution is 5.94. The van der Waals surface area contributed by atoms with Crippen molar-refractivity contribution in [1.29, 1.82) is 0 Å². The van der Waals surface area contributed by atoms with Crippen molar-refractivity contribution < 1.29 is 4.79 Å². The number of hydrogen-bond donors (Lipinski definition) is 0. The van der Waals surface area contributed by atoms with Crippen LogP contribution in [-0.4, -0.2) is 43.0 Å². The van der Waals surface area contributed by atoms with E-state index < -0.39 is 0 Å². The smallest absolute Gasteiger partial charge is 0.253 e. The summed E-state index contributed by atoms with van der Waals surface area (Å²) in [7, 11) is 0. The third-order valence-corrected chi connectivity index (χ3v) is 4.73. The Hall–Kier alpha value is -2.89. The number of carbonyl (C=O) groups is 1. The molecular weight excluding hydrogens is 314 g/mol. The lowest BCUT2D eigenvalue weighted by atomic mass is 10.0. The zero-order valence-corrected chi connectivity index (χ0v) is 14.0. The normalized spacial score (nSPS) is 17.6. The fraction of sp³-hybridized carbons (Fsp3) is 0.316. The minimum Gasteiger partial charge on any atom is -0.337 e. The molecular formula is C19H21N5O. The van der Waals surface area contributed by atoms with Crippen LogP contribution in [0.1, 0.15) is 34.8 Å². The summed E-state index contributed by atoms with van der Waals surface area (Å²) in [5.41, 5.74) is 1.86. The van der Waals surface area contributed by atoms with Gasteiger partial charge in [-0.15, -0.1) is 0 Å². The van der Waals surface area contributed by atoms with Crippen LogP contribution in [0.2, 0.25) is 0 Å². The average molecular weight is 335 g/mol. The van der Waals surface area contributed by atoms with Gasteiger partial charge in [0.25, 0.3) is 5.91 Å². The summed E-state index contributed by atoms with van der Waals surface area (Å²) in [6.45, 7) is 2.27. The Bertz CT molecular complexity index is 825. The van der Waals surface area contributed by atoms with Crippen LogP contribution in [0.15, 0.2) is 61.7 Å². The van der Waals surface area contributed by atoms with Crippen LogP contribution in [0, 0.1) is 0 Å². The second kappa shape index (κ2) is 6.93. The molecule has 1 fully saturated rings. The topological polar surface area (TPSA) is 56.0 Å². The molecule has 6 nitrogen and oxygen atoms in total.